The van der Waals surface area contributed by atoms with Gasteiger partial charge in [0.05, 0.1) is 0 Å². The highest BCUT2D eigenvalue weighted by Gasteiger charge is 2.40. The Hall–Kier alpha value is -2.41. The van der Waals surface area contributed by atoms with Gasteiger partial charge in [-0.15, -0.1) is 0 Å². The second-order valence-corrected chi connectivity index (χ2v) is 9.65. The molecule has 1 aromatic rings. The van der Waals surface area contributed by atoms with E-state index in [1.54, 1.807) is 32.9 Å². The Morgan fingerprint density at radius 1 is 1.20 bits per heavy atom. The molecule has 1 aliphatic heterocycles. The topological polar surface area (TPSA) is 136 Å². The van der Waals surface area contributed by atoms with Crippen molar-refractivity contribution in [2.45, 2.75) is 52.2 Å². The number of hydrogen-bond acceptors (Lipinski definition) is 6. The van der Waals surface area contributed by atoms with Crippen molar-refractivity contribution in [2.75, 3.05) is 26.7 Å². The molecule has 0 spiro atoms. The molecule has 198 valence electrons. The van der Waals surface area contributed by atoms with Gasteiger partial charge in [-0.2, -0.15) is 13.2 Å². The number of halogens is 4. The number of alkyl halides is 3. The molecule has 35 heavy (non-hydrogen) atoms. The third kappa shape index (κ3) is 9.28. The summed E-state index contributed by atoms with van der Waals surface area (Å²) >= 11 is 6.06. The Labute approximate surface area is 207 Å². The number of nitrogens with two attached hydrogens (primary N) is 1. The molecule has 5 N–H and O–H groups in total. The standard InChI is InChI=1S/C20H31ClN4O3.C2HF3O2/c1-20(2,3)17(26)19(28)25-8-7-24(4)12-16(25)18(27)23-11-14-9-15(21)6-5-13(14)10-22;3-2(4,5)1(6)7/h5-6,9,16-17,26H,7-8,10-12,22H2,1-4H3,(H,23,27);(H,6,7)/t16-,17-;/m0./s1. The average Bonchev–Trinajstić information content (AvgIpc) is 2.75. The van der Waals surface area contributed by atoms with Gasteiger partial charge in [-0.25, -0.2) is 4.79 Å². The number of benzene rings is 1. The SMILES string of the molecule is CN1CCN(C(=O)[C@H](O)C(C)(C)C)[C@H](C(=O)NCc2cc(Cl)ccc2CN)C1.O=C(O)C(F)(F)F. The van der Waals surface area contributed by atoms with Gasteiger partial charge >= 0.3 is 12.1 Å². The number of aliphatic carboxylic acids is 1. The third-order valence-electron chi connectivity index (χ3n) is 5.31. The molecule has 0 radical (unpaired) electrons. The summed E-state index contributed by atoms with van der Waals surface area (Å²) in [5.41, 5.74) is 6.91. The highest BCUT2D eigenvalue weighted by molar-refractivity contribution is 6.30. The fraction of sp³-hybridized carbons (Fsp3) is 0.591. The maximum Gasteiger partial charge on any atom is 0.490 e. The molecule has 1 aliphatic rings. The van der Waals surface area contributed by atoms with E-state index in [-0.39, 0.29) is 12.5 Å². The van der Waals surface area contributed by atoms with Crippen LogP contribution in [0.15, 0.2) is 18.2 Å². The highest BCUT2D eigenvalue weighted by Crippen LogP contribution is 2.23. The number of carboxylic acids is 1. The molecule has 0 saturated carbocycles. The van der Waals surface area contributed by atoms with Crippen molar-refractivity contribution in [1.82, 2.24) is 15.1 Å². The van der Waals surface area contributed by atoms with E-state index in [1.807, 2.05) is 18.0 Å². The number of aliphatic hydroxyl groups excluding tert-OH is 1. The maximum atomic E-state index is 12.9. The average molecular weight is 525 g/mol. The first-order chi connectivity index (χ1) is 16.0. The van der Waals surface area contributed by atoms with Crippen LogP contribution in [0.3, 0.4) is 0 Å². The predicted molar refractivity (Wildman–Crippen MR) is 123 cm³/mol. The van der Waals surface area contributed by atoms with E-state index >= 15 is 0 Å². The number of carbonyl (C=O) groups is 3. The van der Waals surface area contributed by atoms with Crippen LogP contribution >= 0.6 is 11.6 Å². The van der Waals surface area contributed by atoms with Crippen LogP contribution in [-0.4, -0.2) is 82.8 Å². The number of likely N-dealkylation sites (N-methyl/N-ethyl adjacent to an activating group) is 1. The van der Waals surface area contributed by atoms with Gasteiger partial charge in [0.1, 0.15) is 12.1 Å². The van der Waals surface area contributed by atoms with Gasteiger partial charge < -0.3 is 31.1 Å². The van der Waals surface area contributed by atoms with Gasteiger partial charge in [-0.3, -0.25) is 9.59 Å². The fourth-order valence-corrected chi connectivity index (χ4v) is 3.39. The van der Waals surface area contributed by atoms with E-state index in [0.717, 1.165) is 11.1 Å². The van der Waals surface area contributed by atoms with E-state index in [2.05, 4.69) is 5.32 Å². The second kappa shape index (κ2) is 12.5. The van der Waals surface area contributed by atoms with Gasteiger partial charge in [0.15, 0.2) is 0 Å². The monoisotopic (exact) mass is 524 g/mol. The van der Waals surface area contributed by atoms with E-state index < -0.39 is 35.6 Å². The Morgan fingerprint density at radius 3 is 2.26 bits per heavy atom. The van der Waals surface area contributed by atoms with Gasteiger partial charge in [-0.05, 0) is 35.7 Å². The summed E-state index contributed by atoms with van der Waals surface area (Å²) in [7, 11) is 1.91. The summed E-state index contributed by atoms with van der Waals surface area (Å²) in [4.78, 5) is 38.1. The lowest BCUT2D eigenvalue weighted by atomic mass is 9.88. The molecule has 0 aromatic heterocycles. The van der Waals surface area contributed by atoms with E-state index in [1.165, 1.54) is 4.90 Å². The van der Waals surface area contributed by atoms with Crippen molar-refractivity contribution in [2.24, 2.45) is 11.1 Å². The van der Waals surface area contributed by atoms with Crippen molar-refractivity contribution in [3.63, 3.8) is 0 Å². The molecule has 0 aliphatic carbocycles. The summed E-state index contributed by atoms with van der Waals surface area (Å²) in [6.07, 6.45) is -6.25. The van der Waals surface area contributed by atoms with Crippen LogP contribution in [0.4, 0.5) is 13.2 Å². The molecule has 2 amide bonds. The Bertz CT molecular complexity index is 908. The lowest BCUT2D eigenvalue weighted by Gasteiger charge is -2.41. The zero-order valence-corrected chi connectivity index (χ0v) is 20.8. The summed E-state index contributed by atoms with van der Waals surface area (Å²) in [5.74, 6) is -3.43. The third-order valence-corrected chi connectivity index (χ3v) is 5.54. The summed E-state index contributed by atoms with van der Waals surface area (Å²) in [5, 5.41) is 21.0. The second-order valence-electron chi connectivity index (χ2n) is 9.22. The summed E-state index contributed by atoms with van der Waals surface area (Å²) < 4.78 is 31.7. The Morgan fingerprint density at radius 2 is 1.77 bits per heavy atom. The lowest BCUT2D eigenvalue weighted by Crippen LogP contribution is -2.62. The van der Waals surface area contributed by atoms with Crippen LogP contribution in [0.2, 0.25) is 5.02 Å². The van der Waals surface area contributed by atoms with Crippen molar-refractivity contribution in [3.8, 4) is 0 Å². The first-order valence-corrected chi connectivity index (χ1v) is 11.1. The van der Waals surface area contributed by atoms with E-state index in [0.29, 0.717) is 31.2 Å². The Balaban J connectivity index is 0.000000762. The zero-order chi connectivity index (χ0) is 27.1. The van der Waals surface area contributed by atoms with Gasteiger partial charge in [0, 0.05) is 37.7 Å². The van der Waals surface area contributed by atoms with E-state index in [4.69, 9.17) is 27.2 Å². The largest absolute Gasteiger partial charge is 0.490 e. The molecule has 9 nitrogen and oxygen atoms in total. The number of rotatable bonds is 5. The van der Waals surface area contributed by atoms with Crippen molar-refractivity contribution < 1.29 is 37.8 Å². The van der Waals surface area contributed by atoms with Crippen LogP contribution < -0.4 is 11.1 Å². The predicted octanol–water partition coefficient (Wildman–Crippen LogP) is 1.60. The zero-order valence-electron chi connectivity index (χ0n) is 20.0. The van der Waals surface area contributed by atoms with Crippen LogP contribution in [0.5, 0.6) is 0 Å². The number of amides is 2. The number of nitrogens with zero attached hydrogens (tertiary/aromatic N) is 2. The van der Waals surface area contributed by atoms with Crippen molar-refractivity contribution in [3.05, 3.63) is 34.3 Å². The van der Waals surface area contributed by atoms with Crippen LogP contribution in [0.25, 0.3) is 0 Å². The minimum Gasteiger partial charge on any atom is -0.475 e. The van der Waals surface area contributed by atoms with Crippen LogP contribution in [0, 0.1) is 5.41 Å². The number of nitrogens with one attached hydrogen (secondary N) is 1. The van der Waals surface area contributed by atoms with Crippen molar-refractivity contribution in [1.29, 1.82) is 0 Å². The summed E-state index contributed by atoms with van der Waals surface area (Å²) in [6.45, 7) is 7.47. The molecule has 1 aromatic carbocycles. The molecule has 0 bridgehead atoms. The van der Waals surface area contributed by atoms with Crippen molar-refractivity contribution >= 4 is 29.4 Å². The van der Waals surface area contributed by atoms with E-state index in [9.17, 15) is 27.9 Å². The molecule has 2 rings (SSSR count). The first kappa shape index (κ1) is 30.6. The maximum absolute atomic E-state index is 12.9. The molecule has 0 unspecified atom stereocenters. The van der Waals surface area contributed by atoms with Crippen LogP contribution in [-0.2, 0) is 27.5 Å². The van der Waals surface area contributed by atoms with Gasteiger partial charge in [0.2, 0.25) is 5.91 Å². The quantitative estimate of drug-likeness (QED) is 0.459. The lowest BCUT2D eigenvalue weighted by molar-refractivity contribution is -0.192. The van der Waals surface area contributed by atoms with Gasteiger partial charge in [0.25, 0.3) is 5.91 Å². The molecule has 1 saturated heterocycles. The Kier molecular flexibility index (Phi) is 11.0. The molecule has 1 fully saturated rings. The smallest absolute Gasteiger partial charge is 0.475 e. The molecular weight excluding hydrogens is 493 g/mol. The number of aliphatic hydroxyl groups is 1. The minimum atomic E-state index is -5.08. The molecular formula is C22H32ClF3N4O5. The molecule has 1 heterocycles. The number of hydrogen-bond donors (Lipinski definition) is 4. The van der Waals surface area contributed by atoms with Crippen LogP contribution in [0.1, 0.15) is 31.9 Å². The van der Waals surface area contributed by atoms with Gasteiger partial charge in [-0.1, -0.05) is 38.4 Å². The fourth-order valence-electron chi connectivity index (χ4n) is 3.19. The number of piperazine rings is 1. The number of carboxylic acid groups (broad SMARTS) is 1. The first-order valence-electron chi connectivity index (χ1n) is 10.7. The highest BCUT2D eigenvalue weighted by atomic mass is 35.5. The normalized spacial score (nSPS) is 17.8. The molecule has 13 heteroatoms. The molecule has 2 atom stereocenters. The summed E-state index contributed by atoms with van der Waals surface area (Å²) in [6, 6.07) is 4.72. The minimum absolute atomic E-state index is 0.260. The number of carbonyl (C=O) groups excluding carboxylic acids is 2.